The van der Waals surface area contributed by atoms with Crippen molar-refractivity contribution in [1.82, 2.24) is 0 Å². The van der Waals surface area contributed by atoms with Crippen molar-refractivity contribution in [2.75, 3.05) is 37.9 Å². The smallest absolute Gasteiger partial charge is 0.338 e. The molecule has 6 N–H and O–H groups in total. The Morgan fingerprint density at radius 3 is 1.20 bits per heavy atom. The fraction of sp³-hybridized carbons (Fsp3) is 0.263. The predicted molar refractivity (Wildman–Crippen MR) is 186 cm³/mol. The molecule has 0 spiro atoms. The molecule has 0 aliphatic rings. The summed E-state index contributed by atoms with van der Waals surface area (Å²) in [6, 6.07) is 21.7. The molecular formula is C38H40N2O10. The molecule has 0 aliphatic heterocycles. The quantitative estimate of drug-likeness (QED) is 0.0573. The molecule has 0 radical (unpaired) electrons. The summed E-state index contributed by atoms with van der Waals surface area (Å²) in [6.45, 7) is 5.42. The Morgan fingerprint density at radius 1 is 0.540 bits per heavy atom. The number of aliphatic hydroxyl groups is 2. The molecule has 0 saturated heterocycles. The van der Waals surface area contributed by atoms with Gasteiger partial charge in [0, 0.05) is 22.5 Å². The molecule has 0 fully saturated rings. The zero-order valence-corrected chi connectivity index (χ0v) is 28.2. The number of carbonyl (C=O) groups is 4. The number of esters is 2. The van der Waals surface area contributed by atoms with E-state index in [4.69, 9.17) is 30.4 Å². The van der Waals surface area contributed by atoms with E-state index in [0.717, 1.165) is 0 Å². The van der Waals surface area contributed by atoms with E-state index in [9.17, 15) is 29.4 Å². The van der Waals surface area contributed by atoms with Gasteiger partial charge in [-0.2, -0.15) is 0 Å². The lowest BCUT2D eigenvalue weighted by Crippen LogP contribution is -2.30. The van der Waals surface area contributed by atoms with Crippen molar-refractivity contribution in [2.45, 2.75) is 38.9 Å². The zero-order valence-electron chi connectivity index (χ0n) is 28.2. The summed E-state index contributed by atoms with van der Waals surface area (Å²) < 4.78 is 22.2. The van der Waals surface area contributed by atoms with Crippen molar-refractivity contribution < 1.29 is 48.3 Å². The van der Waals surface area contributed by atoms with Crippen molar-refractivity contribution in [3.8, 4) is 22.6 Å². The van der Waals surface area contributed by atoms with Crippen LogP contribution in [-0.2, 0) is 9.47 Å². The minimum atomic E-state index is -1.50. The predicted octanol–water partition coefficient (Wildman–Crippen LogP) is 4.90. The summed E-state index contributed by atoms with van der Waals surface area (Å²) in [5.74, 6) is -1.40. The molecule has 0 aliphatic carbocycles. The van der Waals surface area contributed by atoms with E-state index in [1.807, 2.05) is 0 Å². The van der Waals surface area contributed by atoms with Gasteiger partial charge >= 0.3 is 11.9 Å². The van der Waals surface area contributed by atoms with Crippen LogP contribution in [0.4, 0.5) is 11.4 Å². The van der Waals surface area contributed by atoms with Crippen LogP contribution in [0.5, 0.6) is 11.5 Å². The summed E-state index contributed by atoms with van der Waals surface area (Å²) in [6.07, 6.45) is 0. The Bertz CT molecular complexity index is 1720. The van der Waals surface area contributed by atoms with Crippen LogP contribution in [0.3, 0.4) is 0 Å². The first-order valence-electron chi connectivity index (χ1n) is 15.7. The van der Waals surface area contributed by atoms with E-state index in [1.165, 1.54) is 64.1 Å². The number of hydrogen-bond acceptors (Lipinski definition) is 12. The monoisotopic (exact) mass is 684 g/mol. The van der Waals surface area contributed by atoms with Gasteiger partial charge in [0.05, 0.1) is 11.1 Å². The first-order valence-corrected chi connectivity index (χ1v) is 15.7. The van der Waals surface area contributed by atoms with Crippen LogP contribution < -0.4 is 20.9 Å². The highest BCUT2D eigenvalue weighted by molar-refractivity contribution is 6.04. The molecule has 0 aromatic heterocycles. The van der Waals surface area contributed by atoms with Crippen molar-refractivity contribution in [3.05, 3.63) is 107 Å². The van der Waals surface area contributed by atoms with Gasteiger partial charge in [0.1, 0.15) is 49.1 Å². The molecule has 0 heterocycles. The van der Waals surface area contributed by atoms with E-state index >= 15 is 0 Å². The number of ether oxygens (including phenoxy) is 4. The maximum absolute atomic E-state index is 13.2. The van der Waals surface area contributed by atoms with Crippen LogP contribution in [0.2, 0.25) is 0 Å². The minimum absolute atomic E-state index is 0.00674. The molecular weight excluding hydrogens is 644 g/mol. The Morgan fingerprint density at radius 2 is 0.880 bits per heavy atom. The number of carbonyl (C=O) groups excluding carboxylic acids is 4. The van der Waals surface area contributed by atoms with Crippen LogP contribution in [0.1, 0.15) is 69.1 Å². The Balaban J connectivity index is 1.38. The maximum Gasteiger partial charge on any atom is 0.338 e. The molecule has 50 heavy (non-hydrogen) atoms. The molecule has 0 bridgehead atoms. The minimum Gasteiger partial charge on any atom is -0.490 e. The Labute approximate surface area is 289 Å². The summed E-state index contributed by atoms with van der Waals surface area (Å²) in [7, 11) is 0. The first kappa shape index (κ1) is 37.1. The first-order chi connectivity index (χ1) is 23.5. The zero-order chi connectivity index (χ0) is 36.6. The number of rotatable bonds is 15. The van der Waals surface area contributed by atoms with Gasteiger partial charge in [-0.3, -0.25) is 9.59 Å². The van der Waals surface area contributed by atoms with Gasteiger partial charge < -0.3 is 40.6 Å². The highest BCUT2D eigenvalue weighted by Gasteiger charge is 2.26. The lowest BCUT2D eigenvalue weighted by atomic mass is 9.94. The standard InChI is InChI=1S/C38H40N2O10/c1-37(2,45)33(41)23-5-11-27(12-6-23)47-17-19-49-35(43)31-21-25(39)9-15-29(31)30-16-10-26(40)22-32(30)36(44)50-20-18-48-28-13-7-24(8-14-28)34(42)38(3,4)46/h5-16,21-22,45-46H,17-20,39-40H2,1-4H3. The van der Waals surface area contributed by atoms with Gasteiger partial charge in [0.15, 0.2) is 11.6 Å². The number of anilines is 2. The third-order valence-corrected chi connectivity index (χ3v) is 7.33. The maximum atomic E-state index is 13.2. The van der Waals surface area contributed by atoms with Crippen LogP contribution in [0, 0.1) is 0 Å². The highest BCUT2D eigenvalue weighted by Crippen LogP contribution is 2.31. The van der Waals surface area contributed by atoms with Crippen LogP contribution in [0.25, 0.3) is 11.1 Å². The summed E-state index contributed by atoms with van der Waals surface area (Å²) in [5, 5.41) is 19.8. The van der Waals surface area contributed by atoms with E-state index in [0.29, 0.717) is 45.1 Å². The molecule has 12 nitrogen and oxygen atoms in total. The van der Waals surface area contributed by atoms with E-state index in [-0.39, 0.29) is 37.6 Å². The topological polar surface area (TPSA) is 198 Å². The molecule has 262 valence electrons. The largest absolute Gasteiger partial charge is 0.490 e. The summed E-state index contributed by atoms with van der Waals surface area (Å²) >= 11 is 0. The van der Waals surface area contributed by atoms with Crippen molar-refractivity contribution in [1.29, 1.82) is 0 Å². The van der Waals surface area contributed by atoms with Crippen LogP contribution >= 0.6 is 0 Å². The highest BCUT2D eigenvalue weighted by atomic mass is 16.6. The lowest BCUT2D eigenvalue weighted by molar-refractivity contribution is 0.0441. The van der Waals surface area contributed by atoms with Crippen molar-refractivity contribution in [2.24, 2.45) is 0 Å². The Kier molecular flexibility index (Phi) is 11.6. The number of nitrogens with two attached hydrogens (primary N) is 2. The average molecular weight is 685 g/mol. The number of hydrogen-bond donors (Lipinski definition) is 4. The molecule has 0 atom stereocenters. The molecule has 0 amide bonds. The van der Waals surface area contributed by atoms with Gasteiger partial charge in [-0.15, -0.1) is 0 Å². The van der Waals surface area contributed by atoms with Crippen LogP contribution in [0.15, 0.2) is 84.9 Å². The number of nitrogen functional groups attached to an aromatic ring is 2. The van der Waals surface area contributed by atoms with Crippen LogP contribution in [-0.4, -0.2) is 71.3 Å². The SMILES string of the molecule is CC(C)(O)C(=O)c1ccc(OCCOC(=O)c2cc(N)ccc2-c2ccc(N)cc2C(=O)OCCOc2ccc(C(=O)C(C)(C)O)cc2)cc1. The summed E-state index contributed by atoms with van der Waals surface area (Å²) in [4.78, 5) is 50.9. The second-order valence-electron chi connectivity index (χ2n) is 12.4. The third-order valence-electron chi connectivity index (χ3n) is 7.33. The molecule has 4 aromatic carbocycles. The average Bonchev–Trinajstić information content (AvgIpc) is 3.07. The second kappa shape index (κ2) is 15.7. The van der Waals surface area contributed by atoms with Crippen molar-refractivity contribution in [3.63, 3.8) is 0 Å². The van der Waals surface area contributed by atoms with E-state index < -0.39 is 34.7 Å². The molecule has 4 rings (SSSR count). The van der Waals surface area contributed by atoms with Gasteiger partial charge in [-0.25, -0.2) is 9.59 Å². The molecule has 0 unspecified atom stereocenters. The van der Waals surface area contributed by atoms with E-state index in [1.54, 1.807) is 48.5 Å². The summed E-state index contributed by atoms with van der Waals surface area (Å²) in [5.41, 5.74) is 11.2. The molecule has 0 saturated carbocycles. The van der Waals surface area contributed by atoms with Gasteiger partial charge in [-0.1, -0.05) is 12.1 Å². The second-order valence-corrected chi connectivity index (χ2v) is 12.4. The van der Waals surface area contributed by atoms with Gasteiger partial charge in [0.2, 0.25) is 0 Å². The Hall–Kier alpha value is -5.72. The molecule has 12 heteroatoms. The third kappa shape index (κ3) is 9.68. The lowest BCUT2D eigenvalue weighted by Gasteiger charge is -2.16. The fourth-order valence-corrected chi connectivity index (χ4v) is 4.79. The normalized spacial score (nSPS) is 11.4. The number of benzene rings is 4. The number of Topliss-reactive ketones (excluding diaryl/α,β-unsaturated/α-hetero) is 2. The van der Waals surface area contributed by atoms with Gasteiger partial charge in [0.25, 0.3) is 0 Å². The van der Waals surface area contributed by atoms with Crippen molar-refractivity contribution >= 4 is 34.9 Å². The van der Waals surface area contributed by atoms with E-state index in [2.05, 4.69) is 0 Å². The molecule has 4 aromatic rings. The fourth-order valence-electron chi connectivity index (χ4n) is 4.79. The number of ketones is 2. The van der Waals surface area contributed by atoms with Gasteiger partial charge in [-0.05, 0) is 112 Å².